The number of alkyl halides is 1. The van der Waals surface area contributed by atoms with E-state index in [-0.39, 0.29) is 6.61 Å². The number of aromatic nitrogens is 3. The van der Waals surface area contributed by atoms with Gasteiger partial charge >= 0.3 is 11.7 Å². The average Bonchev–Trinajstić information content (AvgIpc) is 2.79. The van der Waals surface area contributed by atoms with Gasteiger partial charge in [0.2, 0.25) is 5.69 Å². The number of aromatic amines is 1. The number of halogens is 2. The van der Waals surface area contributed by atoms with Crippen LogP contribution in [0.5, 0.6) is 17.2 Å². The summed E-state index contributed by atoms with van der Waals surface area (Å²) in [6, 6.07) is 8.67. The van der Waals surface area contributed by atoms with Crippen molar-refractivity contribution < 1.29 is 19.0 Å². The lowest BCUT2D eigenvalue weighted by Gasteiger charge is -2.15. The van der Waals surface area contributed by atoms with Crippen molar-refractivity contribution in [3.63, 3.8) is 0 Å². The molecular formula is C23H23BrClN3O6. The van der Waals surface area contributed by atoms with Gasteiger partial charge in [-0.25, -0.2) is 9.59 Å². The molecule has 0 saturated carbocycles. The number of nitrogens with one attached hydrogen (secondary N) is 1. The molecule has 9 nitrogen and oxygen atoms in total. The number of hydrogen-bond donors (Lipinski definition) is 1. The van der Waals surface area contributed by atoms with E-state index in [2.05, 4.69) is 26.0 Å². The summed E-state index contributed by atoms with van der Waals surface area (Å²) in [7, 11) is 1.58. The minimum atomic E-state index is -0.915. The number of ether oxygens (including phenoxy) is 3. The van der Waals surface area contributed by atoms with Gasteiger partial charge in [0.15, 0.2) is 0 Å². The van der Waals surface area contributed by atoms with Crippen molar-refractivity contribution in [3.05, 3.63) is 72.5 Å². The van der Waals surface area contributed by atoms with E-state index in [1.165, 1.54) is 0 Å². The summed E-state index contributed by atoms with van der Waals surface area (Å²) < 4.78 is 18.1. The molecule has 34 heavy (non-hydrogen) atoms. The molecule has 2 aromatic carbocycles. The summed E-state index contributed by atoms with van der Waals surface area (Å²) in [4.78, 5) is 39.0. The molecule has 11 heteroatoms. The van der Waals surface area contributed by atoms with Crippen LogP contribution in [-0.4, -0.2) is 40.3 Å². The number of carbonyl (C=O) groups excluding carboxylic acids is 1. The lowest BCUT2D eigenvalue weighted by atomic mass is 10.1. The lowest BCUT2D eigenvalue weighted by molar-refractivity contribution is 0.0488. The van der Waals surface area contributed by atoms with Crippen molar-refractivity contribution in [1.82, 2.24) is 14.8 Å². The maximum Gasteiger partial charge on any atom is 0.364 e. The van der Waals surface area contributed by atoms with Gasteiger partial charge in [-0.1, -0.05) is 0 Å². The summed E-state index contributed by atoms with van der Waals surface area (Å²) in [5.74, 6) is 1.38. The molecule has 0 amide bonds. The highest BCUT2D eigenvalue weighted by Gasteiger charge is 2.19. The first kappa shape index (κ1) is 25.5. The van der Waals surface area contributed by atoms with E-state index in [4.69, 9.17) is 25.8 Å². The molecular weight excluding hydrogens is 530 g/mol. The summed E-state index contributed by atoms with van der Waals surface area (Å²) in [5, 5.41) is 3.97. The zero-order chi connectivity index (χ0) is 24.8. The van der Waals surface area contributed by atoms with Gasteiger partial charge in [-0.2, -0.15) is 9.78 Å². The molecule has 0 aliphatic carbocycles. The Bertz CT molecular complexity index is 1300. The van der Waals surface area contributed by atoms with E-state index in [1.54, 1.807) is 37.4 Å². The quantitative estimate of drug-likeness (QED) is 0.240. The number of rotatable bonds is 9. The highest BCUT2D eigenvalue weighted by Crippen LogP contribution is 2.34. The Hall–Kier alpha value is -3.11. The highest BCUT2D eigenvalue weighted by atomic mass is 79.9. The van der Waals surface area contributed by atoms with E-state index in [0.717, 1.165) is 9.15 Å². The summed E-state index contributed by atoms with van der Waals surface area (Å²) in [6.45, 7) is 3.72. The van der Waals surface area contributed by atoms with Crippen LogP contribution in [-0.2, 0) is 4.74 Å². The van der Waals surface area contributed by atoms with Gasteiger partial charge in [0.1, 0.15) is 17.2 Å². The second kappa shape index (κ2) is 11.3. The zero-order valence-electron chi connectivity index (χ0n) is 18.8. The van der Waals surface area contributed by atoms with Crippen LogP contribution >= 0.6 is 27.5 Å². The molecule has 0 unspecified atom stereocenters. The number of aryl methyl sites for hydroxylation is 2. The molecule has 0 radical (unpaired) electrons. The second-order valence-electron chi connectivity index (χ2n) is 7.36. The summed E-state index contributed by atoms with van der Waals surface area (Å²) >= 11 is 9.04. The van der Waals surface area contributed by atoms with E-state index in [9.17, 15) is 14.4 Å². The first-order valence-corrected chi connectivity index (χ1v) is 11.7. The standard InChI is InChI=1S/C23H23BrClN3O6/c1-13-10-15(11-14(2)20(13)34-16-6-7-18(32-3)17(24)12-16)28-23(31)26-21(29)19(27-28)22(30)33-9-5-4-8-25/h6-7,10-12H,4-5,8-9H2,1-3H3,(H,26,29,31). The number of carbonyl (C=O) groups is 1. The number of nitrogens with zero attached hydrogens (tertiary/aromatic N) is 2. The molecule has 0 atom stereocenters. The maximum atomic E-state index is 12.4. The van der Waals surface area contributed by atoms with Crippen LogP contribution in [0.15, 0.2) is 44.4 Å². The Kier molecular flexibility index (Phi) is 8.51. The molecule has 1 N–H and O–H groups in total. The largest absolute Gasteiger partial charge is 0.496 e. The molecule has 0 saturated heterocycles. The molecule has 1 heterocycles. The van der Waals surface area contributed by atoms with Crippen LogP contribution in [0.4, 0.5) is 0 Å². The Morgan fingerprint density at radius 1 is 1.15 bits per heavy atom. The van der Waals surface area contributed by atoms with Crippen LogP contribution in [0.2, 0.25) is 0 Å². The van der Waals surface area contributed by atoms with E-state index < -0.39 is 22.9 Å². The Morgan fingerprint density at radius 2 is 1.85 bits per heavy atom. The van der Waals surface area contributed by atoms with E-state index in [0.29, 0.717) is 52.8 Å². The third kappa shape index (κ3) is 5.87. The van der Waals surface area contributed by atoms with E-state index >= 15 is 0 Å². The summed E-state index contributed by atoms with van der Waals surface area (Å²) in [5.41, 5.74) is -0.420. The molecule has 0 aliphatic rings. The summed E-state index contributed by atoms with van der Waals surface area (Å²) in [6.07, 6.45) is 1.22. The number of H-pyrrole nitrogens is 1. The predicted octanol–water partition coefficient (Wildman–Crippen LogP) is 4.28. The highest BCUT2D eigenvalue weighted by molar-refractivity contribution is 9.10. The van der Waals surface area contributed by atoms with Gasteiger partial charge in [0, 0.05) is 5.88 Å². The predicted molar refractivity (Wildman–Crippen MR) is 131 cm³/mol. The normalized spacial score (nSPS) is 10.7. The minimum absolute atomic E-state index is 0.0948. The van der Waals surface area contributed by atoms with Crippen molar-refractivity contribution in [2.45, 2.75) is 26.7 Å². The van der Waals surface area contributed by atoms with Gasteiger partial charge in [0.25, 0.3) is 5.56 Å². The number of unbranched alkanes of at least 4 members (excludes halogenated alkanes) is 1. The van der Waals surface area contributed by atoms with Gasteiger partial charge in [-0.05, 0) is 84.1 Å². The van der Waals surface area contributed by atoms with Crippen LogP contribution in [0, 0.1) is 13.8 Å². The molecule has 180 valence electrons. The number of esters is 1. The zero-order valence-corrected chi connectivity index (χ0v) is 21.2. The van der Waals surface area contributed by atoms with Crippen LogP contribution in [0.25, 0.3) is 5.69 Å². The smallest absolute Gasteiger partial charge is 0.364 e. The van der Waals surface area contributed by atoms with Crippen LogP contribution in [0.1, 0.15) is 34.5 Å². The number of benzene rings is 2. The van der Waals surface area contributed by atoms with Gasteiger partial charge in [-0.15, -0.1) is 11.6 Å². The first-order valence-electron chi connectivity index (χ1n) is 10.3. The van der Waals surface area contributed by atoms with Gasteiger partial charge < -0.3 is 14.2 Å². The van der Waals surface area contributed by atoms with Crippen molar-refractivity contribution >= 4 is 33.5 Å². The fourth-order valence-corrected chi connectivity index (χ4v) is 3.89. The molecule has 1 aromatic heterocycles. The SMILES string of the molecule is COc1ccc(Oc2c(C)cc(-n3nc(C(=O)OCCCCCl)c(=O)[nH]c3=O)cc2C)cc1Br. The topological polar surface area (TPSA) is 113 Å². The molecule has 0 aliphatic heterocycles. The van der Waals surface area contributed by atoms with Crippen molar-refractivity contribution in [1.29, 1.82) is 0 Å². The fourth-order valence-electron chi connectivity index (χ4n) is 3.18. The van der Waals surface area contributed by atoms with Gasteiger partial charge in [0.05, 0.1) is 23.9 Å². The Morgan fingerprint density at radius 3 is 2.47 bits per heavy atom. The Balaban J connectivity index is 1.92. The Labute approximate surface area is 208 Å². The third-order valence-electron chi connectivity index (χ3n) is 4.82. The molecule has 3 rings (SSSR count). The van der Waals surface area contributed by atoms with Crippen molar-refractivity contribution in [2.24, 2.45) is 0 Å². The number of methoxy groups -OCH3 is 1. The molecule has 0 bridgehead atoms. The number of hydrogen-bond acceptors (Lipinski definition) is 7. The lowest BCUT2D eigenvalue weighted by Crippen LogP contribution is -2.36. The van der Waals surface area contributed by atoms with E-state index in [1.807, 2.05) is 13.8 Å². The second-order valence-corrected chi connectivity index (χ2v) is 8.59. The monoisotopic (exact) mass is 551 g/mol. The minimum Gasteiger partial charge on any atom is -0.496 e. The molecule has 0 spiro atoms. The fraction of sp³-hybridized carbons (Fsp3) is 0.304. The van der Waals surface area contributed by atoms with Crippen molar-refractivity contribution in [3.8, 4) is 22.9 Å². The van der Waals surface area contributed by atoms with Gasteiger partial charge in [-0.3, -0.25) is 9.78 Å². The molecule has 0 fully saturated rings. The van der Waals surface area contributed by atoms with Crippen LogP contribution < -0.4 is 20.7 Å². The average molecular weight is 553 g/mol. The molecule has 3 aromatic rings. The van der Waals surface area contributed by atoms with Crippen LogP contribution in [0.3, 0.4) is 0 Å². The van der Waals surface area contributed by atoms with Crippen molar-refractivity contribution in [2.75, 3.05) is 19.6 Å². The maximum absolute atomic E-state index is 12.4. The third-order valence-corrected chi connectivity index (χ3v) is 5.70. The first-order chi connectivity index (χ1) is 16.2.